The first-order chi connectivity index (χ1) is 14.2. The summed E-state index contributed by atoms with van der Waals surface area (Å²) in [5, 5.41) is 12.9. The van der Waals surface area contributed by atoms with E-state index < -0.39 is 0 Å². The standard InChI is InChI=1S/C21H18N6O2/c1-4-14-6-7-17-19(9-14)27-18(16(23-25-27)11-28-5-2)10-20-21(22-12-26(17)20)15-8-13(3)29-24-15/h1,6-9,12H,5,10-11H2,2-3H3. The van der Waals surface area contributed by atoms with Crippen molar-refractivity contribution in [3.8, 4) is 35.1 Å². The van der Waals surface area contributed by atoms with E-state index in [1.54, 1.807) is 6.33 Å². The molecule has 8 nitrogen and oxygen atoms in total. The molecule has 29 heavy (non-hydrogen) atoms. The van der Waals surface area contributed by atoms with Gasteiger partial charge >= 0.3 is 0 Å². The molecule has 0 radical (unpaired) electrons. The Kier molecular flexibility index (Phi) is 4.03. The van der Waals surface area contributed by atoms with Crippen molar-refractivity contribution in [2.24, 2.45) is 0 Å². The van der Waals surface area contributed by atoms with Gasteiger partial charge in [0.25, 0.3) is 0 Å². The van der Waals surface area contributed by atoms with Gasteiger partial charge in [-0.2, -0.15) is 0 Å². The number of hydrogen-bond donors (Lipinski definition) is 0. The van der Waals surface area contributed by atoms with Crippen LogP contribution in [-0.2, 0) is 17.8 Å². The first-order valence-corrected chi connectivity index (χ1v) is 9.32. The average molecular weight is 386 g/mol. The predicted octanol–water partition coefficient (Wildman–Crippen LogP) is 2.84. The van der Waals surface area contributed by atoms with Crippen LogP contribution in [0.15, 0.2) is 35.1 Å². The number of nitrogens with zero attached hydrogens (tertiary/aromatic N) is 6. The Balaban J connectivity index is 1.76. The zero-order chi connectivity index (χ0) is 20.0. The first kappa shape index (κ1) is 17.4. The molecule has 8 heteroatoms. The SMILES string of the molecule is C#Cc1ccc2c(c1)-n1nnc(COCC)c1Cc1c(-c3cc(C)on3)ncn1-2. The van der Waals surface area contributed by atoms with Gasteiger partial charge in [-0.15, -0.1) is 11.5 Å². The summed E-state index contributed by atoms with van der Waals surface area (Å²) in [6, 6.07) is 7.71. The molecule has 1 aliphatic heterocycles. The molecule has 0 saturated carbocycles. The number of fused-ring (bicyclic) bond motifs is 5. The van der Waals surface area contributed by atoms with Crippen LogP contribution >= 0.6 is 0 Å². The summed E-state index contributed by atoms with van der Waals surface area (Å²) in [4.78, 5) is 4.63. The summed E-state index contributed by atoms with van der Waals surface area (Å²) in [5.41, 5.74) is 6.72. The Hall–Kier alpha value is -3.70. The van der Waals surface area contributed by atoms with E-state index in [-0.39, 0.29) is 0 Å². The quantitative estimate of drug-likeness (QED) is 0.442. The molecule has 5 rings (SSSR count). The van der Waals surface area contributed by atoms with Crippen LogP contribution in [0.25, 0.3) is 22.8 Å². The van der Waals surface area contributed by atoms with Crippen molar-refractivity contribution < 1.29 is 9.26 Å². The van der Waals surface area contributed by atoms with E-state index in [1.807, 2.05) is 47.4 Å². The lowest BCUT2D eigenvalue weighted by molar-refractivity contribution is 0.130. The maximum Gasteiger partial charge on any atom is 0.134 e. The van der Waals surface area contributed by atoms with E-state index in [2.05, 4.69) is 26.4 Å². The van der Waals surface area contributed by atoms with Gasteiger partial charge in [0.05, 0.1) is 29.4 Å². The molecule has 144 valence electrons. The second-order valence-corrected chi connectivity index (χ2v) is 6.79. The van der Waals surface area contributed by atoms with Gasteiger partial charge < -0.3 is 9.26 Å². The minimum absolute atomic E-state index is 0.391. The monoisotopic (exact) mass is 386 g/mol. The second kappa shape index (κ2) is 6.72. The van der Waals surface area contributed by atoms with Gasteiger partial charge in [0.1, 0.15) is 29.2 Å². The molecule has 4 heterocycles. The Morgan fingerprint density at radius 3 is 2.90 bits per heavy atom. The topological polar surface area (TPSA) is 83.8 Å². The summed E-state index contributed by atoms with van der Waals surface area (Å²) in [6.07, 6.45) is 8.00. The highest BCUT2D eigenvalue weighted by atomic mass is 16.5. The van der Waals surface area contributed by atoms with Crippen molar-refractivity contribution in [2.75, 3.05) is 6.61 Å². The molecule has 0 bridgehead atoms. The summed E-state index contributed by atoms with van der Waals surface area (Å²) in [7, 11) is 0. The van der Waals surface area contributed by atoms with E-state index in [0.717, 1.165) is 45.5 Å². The number of rotatable bonds is 4. The van der Waals surface area contributed by atoms with Gasteiger partial charge in [-0.1, -0.05) is 16.3 Å². The first-order valence-electron chi connectivity index (χ1n) is 9.32. The largest absolute Gasteiger partial charge is 0.375 e. The lowest BCUT2D eigenvalue weighted by atomic mass is 10.1. The zero-order valence-corrected chi connectivity index (χ0v) is 16.1. The molecule has 0 fully saturated rings. The van der Waals surface area contributed by atoms with Crippen molar-refractivity contribution in [3.63, 3.8) is 0 Å². The molecule has 4 aromatic rings. The van der Waals surface area contributed by atoms with Gasteiger partial charge in [0.2, 0.25) is 0 Å². The highest BCUT2D eigenvalue weighted by molar-refractivity contribution is 5.65. The van der Waals surface area contributed by atoms with Crippen LogP contribution in [0.4, 0.5) is 0 Å². The number of terminal acetylenes is 1. The normalized spacial score (nSPS) is 12.0. The number of aryl methyl sites for hydroxylation is 1. The fourth-order valence-corrected chi connectivity index (χ4v) is 3.60. The molecule has 0 N–H and O–H groups in total. The summed E-state index contributed by atoms with van der Waals surface area (Å²) >= 11 is 0. The molecule has 1 aromatic carbocycles. The molecule has 0 amide bonds. The van der Waals surface area contributed by atoms with Crippen molar-refractivity contribution >= 4 is 0 Å². The minimum Gasteiger partial charge on any atom is -0.375 e. The predicted molar refractivity (Wildman–Crippen MR) is 105 cm³/mol. The Labute approximate surface area is 167 Å². The van der Waals surface area contributed by atoms with Crippen LogP contribution in [0.3, 0.4) is 0 Å². The second-order valence-electron chi connectivity index (χ2n) is 6.79. The van der Waals surface area contributed by atoms with Crippen LogP contribution in [0.5, 0.6) is 0 Å². The summed E-state index contributed by atoms with van der Waals surface area (Å²) in [6.45, 7) is 4.81. The van der Waals surface area contributed by atoms with E-state index in [9.17, 15) is 0 Å². The fourth-order valence-electron chi connectivity index (χ4n) is 3.60. The number of benzene rings is 1. The molecule has 0 unspecified atom stereocenters. The van der Waals surface area contributed by atoms with Crippen LogP contribution in [0, 0.1) is 19.3 Å². The maximum atomic E-state index is 5.64. The molecule has 3 aromatic heterocycles. The van der Waals surface area contributed by atoms with Crippen molar-refractivity contribution in [1.82, 2.24) is 29.7 Å². The Bertz CT molecular complexity index is 1260. The number of imidazole rings is 1. The van der Waals surface area contributed by atoms with Crippen molar-refractivity contribution in [2.45, 2.75) is 26.9 Å². The Morgan fingerprint density at radius 2 is 2.14 bits per heavy atom. The molecule has 1 aliphatic rings. The lowest BCUT2D eigenvalue weighted by Gasteiger charge is -2.10. The number of hydrogen-bond acceptors (Lipinski definition) is 6. The van der Waals surface area contributed by atoms with E-state index >= 15 is 0 Å². The van der Waals surface area contributed by atoms with Gasteiger partial charge in [-0.3, -0.25) is 4.57 Å². The maximum absolute atomic E-state index is 5.64. The van der Waals surface area contributed by atoms with E-state index in [0.29, 0.717) is 25.3 Å². The van der Waals surface area contributed by atoms with Crippen LogP contribution < -0.4 is 0 Å². The average Bonchev–Trinajstić information content (AvgIpc) is 3.43. The Morgan fingerprint density at radius 1 is 1.24 bits per heavy atom. The molecular weight excluding hydrogens is 368 g/mol. The molecule has 0 aliphatic carbocycles. The summed E-state index contributed by atoms with van der Waals surface area (Å²) < 4.78 is 14.8. The van der Waals surface area contributed by atoms with Crippen molar-refractivity contribution in [1.29, 1.82) is 0 Å². The highest BCUT2D eigenvalue weighted by Gasteiger charge is 2.27. The molecule has 0 spiro atoms. The van der Waals surface area contributed by atoms with Crippen molar-refractivity contribution in [3.05, 3.63) is 59.0 Å². The number of ether oxygens (including phenoxy) is 1. The van der Waals surface area contributed by atoms with E-state index in [4.69, 9.17) is 15.7 Å². The summed E-state index contributed by atoms with van der Waals surface area (Å²) in [5.74, 6) is 3.43. The van der Waals surface area contributed by atoms with Crippen LogP contribution in [-0.4, -0.2) is 36.3 Å². The number of aromatic nitrogens is 6. The zero-order valence-electron chi connectivity index (χ0n) is 16.1. The van der Waals surface area contributed by atoms with Gasteiger partial charge in [-0.25, -0.2) is 9.67 Å². The van der Waals surface area contributed by atoms with Gasteiger partial charge in [0.15, 0.2) is 0 Å². The molecular formula is C21H18N6O2. The van der Waals surface area contributed by atoms with Gasteiger partial charge in [0, 0.05) is 24.7 Å². The molecule has 0 atom stereocenters. The van der Waals surface area contributed by atoms with Gasteiger partial charge in [-0.05, 0) is 32.0 Å². The third kappa shape index (κ3) is 2.75. The minimum atomic E-state index is 0.391. The fraction of sp³-hybridized carbons (Fsp3) is 0.238. The molecule has 0 saturated heterocycles. The van der Waals surface area contributed by atoms with Crippen LogP contribution in [0.1, 0.15) is 35.3 Å². The third-order valence-electron chi connectivity index (χ3n) is 4.99. The highest BCUT2D eigenvalue weighted by Crippen LogP contribution is 2.33. The third-order valence-corrected chi connectivity index (χ3v) is 4.99. The van der Waals surface area contributed by atoms with Crippen LogP contribution in [0.2, 0.25) is 0 Å². The van der Waals surface area contributed by atoms with E-state index in [1.165, 1.54) is 0 Å². The smallest absolute Gasteiger partial charge is 0.134 e. The lowest BCUT2D eigenvalue weighted by Crippen LogP contribution is -2.05.